The van der Waals surface area contributed by atoms with Crippen molar-refractivity contribution in [2.24, 2.45) is 0 Å². The van der Waals surface area contributed by atoms with E-state index in [2.05, 4.69) is 21.2 Å². The van der Waals surface area contributed by atoms with Gasteiger partial charge in [0, 0.05) is 5.56 Å². The summed E-state index contributed by atoms with van der Waals surface area (Å²) < 4.78 is 5.37. The molecule has 2 rings (SSSR count). The first kappa shape index (κ1) is 11.8. The molecule has 0 bridgehead atoms. The fraction of sp³-hybridized carbons (Fsp3) is 0.250. The summed E-state index contributed by atoms with van der Waals surface area (Å²) in [4.78, 5) is 4.15. The summed E-state index contributed by atoms with van der Waals surface area (Å²) in [7, 11) is 1.63. The molecule has 1 aromatic carbocycles. The summed E-state index contributed by atoms with van der Waals surface area (Å²) in [6.07, 6.45) is 1.58. The largest absolute Gasteiger partial charge is 0.496 e. The van der Waals surface area contributed by atoms with Crippen LogP contribution in [0.2, 0.25) is 5.28 Å². The van der Waals surface area contributed by atoms with Gasteiger partial charge in [-0.3, -0.25) is 0 Å². The van der Waals surface area contributed by atoms with Gasteiger partial charge in [0.25, 0.3) is 0 Å². The summed E-state index contributed by atoms with van der Waals surface area (Å²) in [6, 6.07) is 4.02. The average Bonchev–Trinajstić information content (AvgIpc) is 2.27. The molecule has 0 fully saturated rings. The van der Waals surface area contributed by atoms with Gasteiger partial charge in [-0.15, -0.1) is 5.10 Å². The smallest absolute Gasteiger partial charge is 0.243 e. The molecule has 0 N–H and O–H groups in total. The molecule has 0 aliphatic rings. The normalized spacial score (nSPS) is 10.4. The molecule has 0 radical (unpaired) electrons. The van der Waals surface area contributed by atoms with E-state index in [1.54, 1.807) is 13.3 Å². The number of methoxy groups -OCH3 is 1. The molecule has 88 valence electrons. The van der Waals surface area contributed by atoms with Crippen LogP contribution in [0, 0.1) is 13.8 Å². The first-order valence-electron chi connectivity index (χ1n) is 5.12. The lowest BCUT2D eigenvalue weighted by Crippen LogP contribution is -1.96. The highest BCUT2D eigenvalue weighted by atomic mass is 35.5. The average molecular weight is 250 g/mol. The Bertz CT molecular complexity index is 557. The topological polar surface area (TPSA) is 47.9 Å². The minimum atomic E-state index is 0.129. The van der Waals surface area contributed by atoms with Crippen LogP contribution in [0.15, 0.2) is 18.3 Å². The molecular formula is C12H12ClN3O. The molecular weight excluding hydrogens is 238 g/mol. The van der Waals surface area contributed by atoms with Crippen LogP contribution in [0.3, 0.4) is 0 Å². The zero-order valence-corrected chi connectivity index (χ0v) is 10.6. The van der Waals surface area contributed by atoms with Crippen molar-refractivity contribution in [3.63, 3.8) is 0 Å². The van der Waals surface area contributed by atoms with E-state index in [9.17, 15) is 0 Å². The van der Waals surface area contributed by atoms with E-state index in [4.69, 9.17) is 16.3 Å². The van der Waals surface area contributed by atoms with Gasteiger partial charge in [0.15, 0.2) is 0 Å². The van der Waals surface area contributed by atoms with E-state index in [1.165, 1.54) is 0 Å². The van der Waals surface area contributed by atoms with Crippen LogP contribution >= 0.6 is 11.6 Å². The van der Waals surface area contributed by atoms with Crippen LogP contribution < -0.4 is 4.74 Å². The molecule has 0 saturated carbocycles. The van der Waals surface area contributed by atoms with Gasteiger partial charge in [-0.25, -0.2) is 4.98 Å². The van der Waals surface area contributed by atoms with Crippen molar-refractivity contribution in [1.82, 2.24) is 15.2 Å². The van der Waals surface area contributed by atoms with Crippen LogP contribution in [0.25, 0.3) is 11.3 Å². The highest BCUT2D eigenvalue weighted by Gasteiger charge is 2.12. The minimum absolute atomic E-state index is 0.129. The summed E-state index contributed by atoms with van der Waals surface area (Å²) in [5.41, 5.74) is 3.77. The Morgan fingerprint density at radius 3 is 2.65 bits per heavy atom. The van der Waals surface area contributed by atoms with Gasteiger partial charge in [0.1, 0.15) is 5.75 Å². The van der Waals surface area contributed by atoms with Crippen LogP contribution in [0.4, 0.5) is 0 Å². The van der Waals surface area contributed by atoms with Crippen LogP contribution in [0.1, 0.15) is 11.1 Å². The number of rotatable bonds is 2. The number of hydrogen-bond donors (Lipinski definition) is 0. The van der Waals surface area contributed by atoms with E-state index < -0.39 is 0 Å². The second kappa shape index (κ2) is 4.67. The maximum Gasteiger partial charge on any atom is 0.243 e. The molecule has 5 heteroatoms. The third-order valence-corrected chi connectivity index (χ3v) is 2.61. The van der Waals surface area contributed by atoms with Gasteiger partial charge in [0.05, 0.1) is 19.0 Å². The fourth-order valence-corrected chi connectivity index (χ4v) is 1.95. The Labute approximate surface area is 105 Å². The van der Waals surface area contributed by atoms with Crippen molar-refractivity contribution in [2.75, 3.05) is 7.11 Å². The molecule has 1 heterocycles. The van der Waals surface area contributed by atoms with Gasteiger partial charge in [0.2, 0.25) is 5.28 Å². The Morgan fingerprint density at radius 1 is 1.24 bits per heavy atom. The number of benzene rings is 1. The molecule has 4 nitrogen and oxygen atoms in total. The molecule has 0 spiro atoms. The molecule has 1 aromatic heterocycles. The number of halogens is 1. The highest BCUT2D eigenvalue weighted by Crippen LogP contribution is 2.32. The number of ether oxygens (including phenoxy) is 1. The van der Waals surface area contributed by atoms with Crippen LogP contribution in [-0.2, 0) is 0 Å². The number of nitrogens with zero attached hydrogens (tertiary/aromatic N) is 3. The lowest BCUT2D eigenvalue weighted by Gasteiger charge is -2.12. The lowest BCUT2D eigenvalue weighted by molar-refractivity contribution is 0.415. The van der Waals surface area contributed by atoms with Crippen molar-refractivity contribution in [1.29, 1.82) is 0 Å². The molecule has 0 aliphatic carbocycles. The summed E-state index contributed by atoms with van der Waals surface area (Å²) in [6.45, 7) is 4.02. The Balaban J connectivity index is 2.66. The van der Waals surface area contributed by atoms with Crippen molar-refractivity contribution in [2.45, 2.75) is 13.8 Å². The van der Waals surface area contributed by atoms with E-state index in [-0.39, 0.29) is 5.28 Å². The molecule has 0 atom stereocenters. The Morgan fingerprint density at radius 2 is 2.00 bits per heavy atom. The molecule has 17 heavy (non-hydrogen) atoms. The van der Waals surface area contributed by atoms with E-state index in [0.717, 1.165) is 22.4 Å². The first-order valence-corrected chi connectivity index (χ1v) is 5.50. The Kier molecular flexibility index (Phi) is 3.24. The minimum Gasteiger partial charge on any atom is -0.496 e. The third kappa shape index (κ3) is 2.36. The van der Waals surface area contributed by atoms with Gasteiger partial charge in [-0.2, -0.15) is 5.10 Å². The van der Waals surface area contributed by atoms with Crippen molar-refractivity contribution in [3.05, 3.63) is 34.7 Å². The summed E-state index contributed by atoms with van der Waals surface area (Å²) in [5, 5.41) is 7.56. The maximum absolute atomic E-state index is 5.75. The quantitative estimate of drug-likeness (QED) is 0.821. The number of hydrogen-bond acceptors (Lipinski definition) is 4. The maximum atomic E-state index is 5.75. The fourth-order valence-electron chi connectivity index (χ4n) is 1.82. The van der Waals surface area contributed by atoms with Gasteiger partial charge >= 0.3 is 0 Å². The molecule has 0 saturated heterocycles. The van der Waals surface area contributed by atoms with Crippen LogP contribution in [-0.4, -0.2) is 22.3 Å². The molecule has 0 amide bonds. The van der Waals surface area contributed by atoms with Crippen molar-refractivity contribution >= 4 is 11.6 Å². The van der Waals surface area contributed by atoms with E-state index >= 15 is 0 Å². The zero-order chi connectivity index (χ0) is 12.4. The molecule has 0 aliphatic heterocycles. The zero-order valence-electron chi connectivity index (χ0n) is 9.86. The third-order valence-electron chi connectivity index (χ3n) is 2.45. The monoisotopic (exact) mass is 249 g/mol. The van der Waals surface area contributed by atoms with Gasteiger partial charge in [-0.05, 0) is 42.6 Å². The predicted molar refractivity (Wildman–Crippen MR) is 66.3 cm³/mol. The Hall–Kier alpha value is -1.68. The van der Waals surface area contributed by atoms with E-state index in [1.807, 2.05) is 19.9 Å². The molecule has 2 aromatic rings. The first-order chi connectivity index (χ1) is 8.11. The number of aromatic nitrogens is 3. The summed E-state index contributed by atoms with van der Waals surface area (Å²) in [5.74, 6) is 0.763. The summed E-state index contributed by atoms with van der Waals surface area (Å²) >= 11 is 5.75. The van der Waals surface area contributed by atoms with Crippen molar-refractivity contribution < 1.29 is 4.74 Å². The van der Waals surface area contributed by atoms with E-state index in [0.29, 0.717) is 5.69 Å². The SMILES string of the molecule is COc1cc(C)cc(C)c1-c1cnnc(Cl)n1. The predicted octanol–water partition coefficient (Wildman–Crippen LogP) is 2.82. The van der Waals surface area contributed by atoms with Crippen LogP contribution in [0.5, 0.6) is 5.75 Å². The van der Waals surface area contributed by atoms with Crippen molar-refractivity contribution in [3.8, 4) is 17.0 Å². The highest BCUT2D eigenvalue weighted by molar-refractivity contribution is 6.28. The standard InChI is InChI=1S/C12H12ClN3O/c1-7-4-8(2)11(10(5-7)17-3)9-6-14-16-12(13)15-9/h4-6H,1-3H3. The number of aryl methyl sites for hydroxylation is 2. The second-order valence-corrected chi connectivity index (χ2v) is 4.11. The molecule has 0 unspecified atom stereocenters. The lowest BCUT2D eigenvalue weighted by atomic mass is 10.0. The second-order valence-electron chi connectivity index (χ2n) is 3.77. The van der Waals surface area contributed by atoms with Gasteiger partial charge in [-0.1, -0.05) is 6.07 Å². The van der Waals surface area contributed by atoms with Gasteiger partial charge < -0.3 is 4.74 Å².